The van der Waals surface area contributed by atoms with Crippen molar-refractivity contribution >= 4 is 21.5 Å². The minimum Gasteiger partial charge on any atom is -0.307 e. The van der Waals surface area contributed by atoms with Crippen LogP contribution in [-0.2, 0) is 6.42 Å². The predicted molar refractivity (Wildman–Crippen MR) is 118 cm³/mol. The number of rotatable bonds is 3. The smallest absolute Gasteiger partial charge is 0.0331 e. The van der Waals surface area contributed by atoms with E-state index in [0.717, 1.165) is 0 Å². The van der Waals surface area contributed by atoms with Gasteiger partial charge in [-0.2, -0.15) is 0 Å². The normalized spacial score (nSPS) is 23.6. The zero-order chi connectivity index (χ0) is 18.5. The summed E-state index contributed by atoms with van der Waals surface area (Å²) in [5.41, 5.74) is 4.59. The molecular weight excluding hydrogens is 338 g/mol. The van der Waals surface area contributed by atoms with Crippen molar-refractivity contribution in [3.05, 3.63) is 95.6 Å². The number of aryl methyl sites for hydroxylation is 1. The molecular formula is C27H25N. The molecule has 0 saturated heterocycles. The van der Waals surface area contributed by atoms with E-state index in [1.807, 2.05) is 0 Å². The van der Waals surface area contributed by atoms with Gasteiger partial charge in [0.1, 0.15) is 0 Å². The summed E-state index contributed by atoms with van der Waals surface area (Å²) in [6.07, 6.45) is 5.01. The molecule has 0 amide bonds. The van der Waals surface area contributed by atoms with Gasteiger partial charge >= 0.3 is 0 Å². The Morgan fingerprint density at radius 1 is 0.714 bits per heavy atom. The van der Waals surface area contributed by atoms with Crippen molar-refractivity contribution in [2.45, 2.75) is 43.7 Å². The van der Waals surface area contributed by atoms with E-state index >= 15 is 0 Å². The maximum absolute atomic E-state index is 4.04. The van der Waals surface area contributed by atoms with E-state index in [-0.39, 0.29) is 0 Å². The SMILES string of the molecule is c1ccc(C2CC2NC2CCCc3ccc4c(ccc5ccccc54)c32)cc1. The Hall–Kier alpha value is -2.64. The molecule has 4 aromatic carbocycles. The van der Waals surface area contributed by atoms with Gasteiger partial charge < -0.3 is 5.32 Å². The highest BCUT2D eigenvalue weighted by atomic mass is 15.0. The summed E-state index contributed by atoms with van der Waals surface area (Å²) in [7, 11) is 0. The number of hydrogen-bond donors (Lipinski definition) is 1. The van der Waals surface area contributed by atoms with E-state index in [4.69, 9.17) is 0 Å². The van der Waals surface area contributed by atoms with E-state index in [9.17, 15) is 0 Å². The fraction of sp³-hybridized carbons (Fsp3) is 0.259. The lowest BCUT2D eigenvalue weighted by Gasteiger charge is -2.29. The van der Waals surface area contributed by atoms with E-state index in [1.165, 1.54) is 52.8 Å². The van der Waals surface area contributed by atoms with Crippen molar-refractivity contribution in [3.8, 4) is 0 Å². The Morgan fingerprint density at radius 3 is 2.46 bits per heavy atom. The van der Waals surface area contributed by atoms with Crippen LogP contribution in [0.1, 0.15) is 47.9 Å². The van der Waals surface area contributed by atoms with Crippen LogP contribution in [0.4, 0.5) is 0 Å². The standard InChI is InChI=1S/C27H25N/c1-2-7-18(8-3-1)24-17-26(24)28-25-12-6-10-20-14-15-22-21-11-5-4-9-19(21)13-16-23(22)27(20)25/h1-5,7-9,11,13-16,24-26,28H,6,10,12,17H2. The van der Waals surface area contributed by atoms with Gasteiger partial charge in [0.25, 0.3) is 0 Å². The second-order valence-corrected chi connectivity index (χ2v) is 8.49. The molecule has 2 aliphatic carbocycles. The number of benzene rings is 4. The summed E-state index contributed by atoms with van der Waals surface area (Å²) in [5, 5.41) is 9.60. The molecule has 4 aromatic rings. The summed E-state index contributed by atoms with van der Waals surface area (Å²) in [6, 6.07) is 30.3. The molecule has 3 atom stereocenters. The maximum atomic E-state index is 4.04. The van der Waals surface area contributed by atoms with Gasteiger partial charge in [0, 0.05) is 18.0 Å². The first kappa shape index (κ1) is 16.3. The predicted octanol–water partition coefficient (Wildman–Crippen LogP) is 6.52. The molecule has 1 fully saturated rings. The van der Waals surface area contributed by atoms with Crippen LogP contribution in [0, 0.1) is 0 Å². The molecule has 0 aromatic heterocycles. The second-order valence-electron chi connectivity index (χ2n) is 8.49. The Labute approximate surface area is 166 Å². The van der Waals surface area contributed by atoms with Crippen molar-refractivity contribution in [2.24, 2.45) is 0 Å². The third-order valence-electron chi connectivity index (χ3n) is 6.78. The molecule has 6 rings (SSSR count). The van der Waals surface area contributed by atoms with Crippen LogP contribution in [0.25, 0.3) is 21.5 Å². The Morgan fingerprint density at radius 2 is 1.54 bits per heavy atom. The van der Waals surface area contributed by atoms with Crippen LogP contribution in [0.5, 0.6) is 0 Å². The zero-order valence-corrected chi connectivity index (χ0v) is 16.1. The summed E-state index contributed by atoms with van der Waals surface area (Å²) < 4.78 is 0. The number of fused-ring (bicyclic) bond motifs is 5. The highest BCUT2D eigenvalue weighted by molar-refractivity contribution is 6.08. The van der Waals surface area contributed by atoms with Crippen LogP contribution in [0.15, 0.2) is 78.9 Å². The molecule has 1 heteroatoms. The Kier molecular flexibility index (Phi) is 3.77. The molecule has 28 heavy (non-hydrogen) atoms. The fourth-order valence-corrected chi connectivity index (χ4v) is 5.30. The monoisotopic (exact) mass is 363 g/mol. The largest absolute Gasteiger partial charge is 0.307 e. The average Bonchev–Trinajstić information content (AvgIpc) is 3.53. The minimum absolute atomic E-state index is 0.479. The van der Waals surface area contributed by atoms with Crippen LogP contribution in [-0.4, -0.2) is 6.04 Å². The molecule has 3 unspecified atom stereocenters. The van der Waals surface area contributed by atoms with Gasteiger partial charge in [-0.25, -0.2) is 0 Å². The molecule has 1 N–H and O–H groups in total. The first-order chi connectivity index (χ1) is 13.9. The molecule has 2 aliphatic rings. The van der Waals surface area contributed by atoms with Crippen molar-refractivity contribution in [2.75, 3.05) is 0 Å². The van der Waals surface area contributed by atoms with Crippen LogP contribution >= 0.6 is 0 Å². The lowest BCUT2D eigenvalue weighted by atomic mass is 9.83. The third-order valence-corrected chi connectivity index (χ3v) is 6.78. The Balaban J connectivity index is 1.39. The summed E-state index contributed by atoms with van der Waals surface area (Å²) in [6.45, 7) is 0. The van der Waals surface area contributed by atoms with Crippen molar-refractivity contribution < 1.29 is 0 Å². The van der Waals surface area contributed by atoms with Crippen molar-refractivity contribution in [1.82, 2.24) is 5.32 Å². The van der Waals surface area contributed by atoms with Gasteiger partial charge in [-0.05, 0) is 63.9 Å². The lowest BCUT2D eigenvalue weighted by Crippen LogP contribution is -2.28. The topological polar surface area (TPSA) is 12.0 Å². The van der Waals surface area contributed by atoms with E-state index in [1.54, 1.807) is 11.1 Å². The first-order valence-electron chi connectivity index (χ1n) is 10.6. The van der Waals surface area contributed by atoms with Crippen LogP contribution in [0.3, 0.4) is 0 Å². The number of nitrogens with one attached hydrogen (secondary N) is 1. The summed E-state index contributed by atoms with van der Waals surface area (Å²) in [5.74, 6) is 0.683. The third kappa shape index (κ3) is 2.65. The molecule has 1 nitrogen and oxygen atoms in total. The van der Waals surface area contributed by atoms with Crippen molar-refractivity contribution in [1.29, 1.82) is 0 Å². The first-order valence-corrected chi connectivity index (χ1v) is 10.6. The average molecular weight is 364 g/mol. The van der Waals surface area contributed by atoms with Gasteiger partial charge in [0.05, 0.1) is 0 Å². The van der Waals surface area contributed by atoms with Crippen LogP contribution in [0.2, 0.25) is 0 Å². The quantitative estimate of drug-likeness (QED) is 0.409. The van der Waals surface area contributed by atoms with E-state index < -0.39 is 0 Å². The molecule has 0 aliphatic heterocycles. The van der Waals surface area contributed by atoms with Crippen LogP contribution < -0.4 is 5.32 Å². The van der Waals surface area contributed by atoms with E-state index in [0.29, 0.717) is 18.0 Å². The molecule has 0 heterocycles. The molecule has 0 bridgehead atoms. The molecule has 1 saturated carbocycles. The second kappa shape index (κ2) is 6.46. The van der Waals surface area contributed by atoms with Gasteiger partial charge in [0.2, 0.25) is 0 Å². The Bertz CT molecular complexity index is 1160. The minimum atomic E-state index is 0.479. The van der Waals surface area contributed by atoms with Gasteiger partial charge in [-0.3, -0.25) is 0 Å². The van der Waals surface area contributed by atoms with Gasteiger partial charge in [-0.15, -0.1) is 0 Å². The van der Waals surface area contributed by atoms with Gasteiger partial charge in [-0.1, -0.05) is 78.9 Å². The fourth-order valence-electron chi connectivity index (χ4n) is 5.30. The summed E-state index contributed by atoms with van der Waals surface area (Å²) in [4.78, 5) is 0. The molecule has 0 spiro atoms. The molecule has 0 radical (unpaired) electrons. The summed E-state index contributed by atoms with van der Waals surface area (Å²) >= 11 is 0. The van der Waals surface area contributed by atoms with Gasteiger partial charge in [0.15, 0.2) is 0 Å². The van der Waals surface area contributed by atoms with E-state index in [2.05, 4.69) is 84.2 Å². The lowest BCUT2D eigenvalue weighted by molar-refractivity contribution is 0.457. The zero-order valence-electron chi connectivity index (χ0n) is 16.1. The maximum Gasteiger partial charge on any atom is 0.0331 e. The van der Waals surface area contributed by atoms with Crippen molar-refractivity contribution in [3.63, 3.8) is 0 Å². The highest BCUT2D eigenvalue weighted by Gasteiger charge is 2.40. The number of hydrogen-bond acceptors (Lipinski definition) is 1. The molecule has 138 valence electrons. The highest BCUT2D eigenvalue weighted by Crippen LogP contribution is 2.45.